The SMILES string of the molecule is COc1ccc(-c2nnn(CC(=O)N(Cc3ccc4c(c3)OCO4)[C@@H](C(=O)NC[C@@H]3CCCO3)c3ccco3)n2)cc1. The molecule has 2 aliphatic heterocycles. The van der Waals surface area contributed by atoms with Gasteiger partial charge >= 0.3 is 0 Å². The molecule has 1 N–H and O–H groups in total. The average Bonchev–Trinajstić information content (AvgIpc) is 3.84. The highest BCUT2D eigenvalue weighted by atomic mass is 16.7. The summed E-state index contributed by atoms with van der Waals surface area (Å²) in [5.41, 5.74) is 1.45. The van der Waals surface area contributed by atoms with Crippen LogP contribution < -0.4 is 19.5 Å². The van der Waals surface area contributed by atoms with Crippen molar-refractivity contribution in [2.24, 2.45) is 0 Å². The summed E-state index contributed by atoms with van der Waals surface area (Å²) in [4.78, 5) is 30.3. The Labute approximate surface area is 241 Å². The summed E-state index contributed by atoms with van der Waals surface area (Å²) < 4.78 is 27.5. The van der Waals surface area contributed by atoms with Crippen LogP contribution in [0, 0.1) is 0 Å². The number of aromatic nitrogens is 4. The van der Waals surface area contributed by atoms with E-state index in [1.54, 1.807) is 55.6 Å². The van der Waals surface area contributed by atoms with Gasteiger partial charge in [-0.15, -0.1) is 10.2 Å². The maximum absolute atomic E-state index is 14.0. The molecule has 0 saturated carbocycles. The number of tetrazole rings is 1. The standard InChI is InChI=1S/C29H30N6O7/c1-38-21-9-7-20(8-10-21)28-31-33-35(32-28)17-26(36)34(16-19-6-11-23-25(14-19)42-18-41-23)27(24-5-3-13-40-24)29(37)30-15-22-4-2-12-39-22/h3,5-11,13-14,22,27H,2,4,12,15-18H2,1H3,(H,30,37)/t22-,27+/m0/s1. The number of benzene rings is 2. The van der Waals surface area contributed by atoms with E-state index in [4.69, 9.17) is 23.4 Å². The van der Waals surface area contributed by atoms with Crippen LogP contribution in [0.5, 0.6) is 17.2 Å². The van der Waals surface area contributed by atoms with Crippen LogP contribution in [0.4, 0.5) is 0 Å². The van der Waals surface area contributed by atoms with Crippen molar-refractivity contribution in [1.82, 2.24) is 30.4 Å². The van der Waals surface area contributed by atoms with Crippen LogP contribution in [0.1, 0.15) is 30.2 Å². The average molecular weight is 575 g/mol. The highest BCUT2D eigenvalue weighted by Crippen LogP contribution is 2.34. The monoisotopic (exact) mass is 574 g/mol. The third kappa shape index (κ3) is 6.05. The summed E-state index contributed by atoms with van der Waals surface area (Å²) in [6.07, 6.45) is 3.21. The molecule has 218 valence electrons. The number of nitrogens with one attached hydrogen (secondary N) is 1. The molecule has 2 amide bonds. The Morgan fingerprint density at radius 1 is 1.14 bits per heavy atom. The van der Waals surface area contributed by atoms with Gasteiger partial charge in [0.25, 0.3) is 5.91 Å². The summed E-state index contributed by atoms with van der Waals surface area (Å²) in [6, 6.07) is 14.9. The highest BCUT2D eigenvalue weighted by molar-refractivity contribution is 5.88. The fourth-order valence-corrected chi connectivity index (χ4v) is 4.92. The summed E-state index contributed by atoms with van der Waals surface area (Å²) in [5, 5.41) is 15.5. The van der Waals surface area contributed by atoms with Crippen molar-refractivity contribution in [2.75, 3.05) is 27.1 Å². The second-order valence-corrected chi connectivity index (χ2v) is 9.88. The van der Waals surface area contributed by atoms with Crippen LogP contribution in [-0.2, 0) is 27.4 Å². The Bertz CT molecular complexity index is 1520. The maximum atomic E-state index is 14.0. The number of furan rings is 1. The lowest BCUT2D eigenvalue weighted by Gasteiger charge is -2.30. The fourth-order valence-electron chi connectivity index (χ4n) is 4.92. The molecule has 2 atom stereocenters. The first kappa shape index (κ1) is 27.3. The first-order valence-electron chi connectivity index (χ1n) is 13.6. The van der Waals surface area contributed by atoms with Gasteiger partial charge in [-0.3, -0.25) is 9.59 Å². The van der Waals surface area contributed by atoms with Gasteiger partial charge in [0.15, 0.2) is 17.5 Å². The number of amides is 2. The molecule has 2 aromatic carbocycles. The van der Waals surface area contributed by atoms with E-state index >= 15 is 0 Å². The van der Waals surface area contributed by atoms with Gasteiger partial charge in [-0.05, 0) is 72.1 Å². The zero-order chi connectivity index (χ0) is 28.9. The van der Waals surface area contributed by atoms with E-state index < -0.39 is 11.9 Å². The number of hydrogen-bond donors (Lipinski definition) is 1. The van der Waals surface area contributed by atoms with E-state index in [1.807, 2.05) is 6.07 Å². The van der Waals surface area contributed by atoms with E-state index in [1.165, 1.54) is 16.0 Å². The number of carbonyl (C=O) groups excluding carboxylic acids is 2. The predicted octanol–water partition coefficient (Wildman–Crippen LogP) is 2.74. The molecule has 0 spiro atoms. The molecule has 1 saturated heterocycles. The molecule has 42 heavy (non-hydrogen) atoms. The summed E-state index contributed by atoms with van der Waals surface area (Å²) in [7, 11) is 1.59. The lowest BCUT2D eigenvalue weighted by atomic mass is 10.1. The zero-order valence-electron chi connectivity index (χ0n) is 23.0. The quantitative estimate of drug-likeness (QED) is 0.284. The van der Waals surface area contributed by atoms with Gasteiger partial charge in [-0.25, -0.2) is 0 Å². The number of methoxy groups -OCH3 is 1. The van der Waals surface area contributed by atoms with Crippen molar-refractivity contribution in [3.05, 3.63) is 72.2 Å². The Morgan fingerprint density at radius 3 is 2.76 bits per heavy atom. The first-order chi connectivity index (χ1) is 20.6. The second-order valence-electron chi connectivity index (χ2n) is 9.88. The topological polar surface area (TPSA) is 143 Å². The van der Waals surface area contributed by atoms with E-state index in [-0.39, 0.29) is 31.9 Å². The molecular formula is C29H30N6O7. The molecule has 4 aromatic rings. The number of nitrogens with zero attached hydrogens (tertiary/aromatic N) is 5. The van der Waals surface area contributed by atoms with E-state index in [2.05, 4.69) is 20.7 Å². The smallest absolute Gasteiger partial charge is 0.250 e. The van der Waals surface area contributed by atoms with Crippen LogP contribution in [-0.4, -0.2) is 70.1 Å². The van der Waals surface area contributed by atoms with Crippen molar-refractivity contribution >= 4 is 11.8 Å². The minimum Gasteiger partial charge on any atom is -0.497 e. The van der Waals surface area contributed by atoms with Crippen molar-refractivity contribution in [2.45, 2.75) is 38.1 Å². The molecule has 2 aromatic heterocycles. The zero-order valence-corrected chi connectivity index (χ0v) is 23.0. The van der Waals surface area contributed by atoms with Gasteiger partial charge in [0.05, 0.1) is 19.5 Å². The van der Waals surface area contributed by atoms with Crippen LogP contribution in [0.2, 0.25) is 0 Å². The van der Waals surface area contributed by atoms with Gasteiger partial charge in [-0.2, -0.15) is 4.80 Å². The Balaban J connectivity index is 1.27. The molecule has 0 bridgehead atoms. The summed E-state index contributed by atoms with van der Waals surface area (Å²) in [6.45, 7) is 0.937. The van der Waals surface area contributed by atoms with E-state index in [9.17, 15) is 9.59 Å². The van der Waals surface area contributed by atoms with Crippen molar-refractivity contribution in [3.63, 3.8) is 0 Å². The number of ether oxygens (including phenoxy) is 4. The van der Waals surface area contributed by atoms with Gasteiger partial charge in [0.1, 0.15) is 18.1 Å². The van der Waals surface area contributed by atoms with Gasteiger partial charge < -0.3 is 33.6 Å². The third-order valence-electron chi connectivity index (χ3n) is 7.09. The number of rotatable bonds is 11. The number of hydrogen-bond acceptors (Lipinski definition) is 10. The second kappa shape index (κ2) is 12.3. The van der Waals surface area contributed by atoms with Crippen molar-refractivity contribution < 1.29 is 33.0 Å². The molecule has 4 heterocycles. The Morgan fingerprint density at radius 2 is 2.00 bits per heavy atom. The van der Waals surface area contributed by atoms with Crippen molar-refractivity contribution in [1.29, 1.82) is 0 Å². The number of carbonyl (C=O) groups is 2. The summed E-state index contributed by atoms with van der Waals surface area (Å²) in [5.74, 6) is 1.75. The molecule has 13 heteroatoms. The predicted molar refractivity (Wildman–Crippen MR) is 146 cm³/mol. The van der Waals surface area contributed by atoms with Crippen LogP contribution in [0.15, 0.2) is 65.3 Å². The minimum absolute atomic E-state index is 0.0695. The van der Waals surface area contributed by atoms with Crippen LogP contribution in [0.25, 0.3) is 11.4 Å². The molecule has 6 rings (SSSR count). The lowest BCUT2D eigenvalue weighted by molar-refractivity contribution is -0.143. The first-order valence-corrected chi connectivity index (χ1v) is 13.6. The van der Waals surface area contributed by atoms with Gasteiger partial charge in [-0.1, -0.05) is 6.07 Å². The molecular weight excluding hydrogens is 544 g/mol. The lowest BCUT2D eigenvalue weighted by Crippen LogP contribution is -2.46. The molecule has 0 unspecified atom stereocenters. The van der Waals surface area contributed by atoms with Gasteiger partial charge in [0, 0.05) is 25.3 Å². The Hall–Kier alpha value is -4.91. The maximum Gasteiger partial charge on any atom is 0.250 e. The van der Waals surface area contributed by atoms with Crippen LogP contribution >= 0.6 is 0 Å². The largest absolute Gasteiger partial charge is 0.497 e. The number of fused-ring (bicyclic) bond motifs is 1. The van der Waals surface area contributed by atoms with Gasteiger partial charge in [0.2, 0.25) is 18.5 Å². The molecule has 13 nitrogen and oxygen atoms in total. The summed E-state index contributed by atoms with van der Waals surface area (Å²) >= 11 is 0. The molecule has 0 aliphatic carbocycles. The molecule has 2 aliphatic rings. The van der Waals surface area contributed by atoms with Crippen molar-refractivity contribution in [3.8, 4) is 28.6 Å². The molecule has 1 fully saturated rings. The minimum atomic E-state index is -1.07. The fraction of sp³-hybridized carbons (Fsp3) is 0.345. The molecule has 0 radical (unpaired) electrons. The normalized spacial score (nSPS) is 16.3. The highest BCUT2D eigenvalue weighted by Gasteiger charge is 2.35. The van der Waals surface area contributed by atoms with E-state index in [0.29, 0.717) is 47.5 Å². The Kier molecular flexibility index (Phi) is 7.99. The van der Waals surface area contributed by atoms with Crippen LogP contribution in [0.3, 0.4) is 0 Å². The third-order valence-corrected chi connectivity index (χ3v) is 7.09. The van der Waals surface area contributed by atoms with E-state index in [0.717, 1.165) is 18.4 Å².